The van der Waals surface area contributed by atoms with Crippen molar-refractivity contribution < 1.29 is 14.0 Å². The zero-order chi connectivity index (χ0) is 12.3. The smallest absolute Gasteiger partial charge is 0.398 e. The average molecular weight is 237 g/mol. The van der Waals surface area contributed by atoms with Gasteiger partial charge in [0.15, 0.2) is 6.23 Å². The van der Waals surface area contributed by atoms with Crippen LogP contribution in [0.15, 0.2) is 6.20 Å². The van der Waals surface area contributed by atoms with Crippen molar-refractivity contribution >= 4 is 12.7 Å². The van der Waals surface area contributed by atoms with Crippen molar-refractivity contribution in [3.63, 3.8) is 0 Å². The molecule has 17 heavy (non-hydrogen) atoms. The van der Waals surface area contributed by atoms with Crippen molar-refractivity contribution in [2.24, 2.45) is 0 Å². The van der Waals surface area contributed by atoms with Crippen LogP contribution in [0, 0.1) is 0 Å². The molecule has 1 unspecified atom stereocenters. The highest BCUT2D eigenvalue weighted by Gasteiger charge is 2.53. The van der Waals surface area contributed by atoms with Gasteiger partial charge in [-0.2, -0.15) is 15.0 Å². The lowest BCUT2D eigenvalue weighted by Gasteiger charge is -2.32. The molecule has 0 radical (unpaired) electrons. The lowest BCUT2D eigenvalue weighted by Crippen LogP contribution is -2.41. The van der Waals surface area contributed by atoms with Crippen LogP contribution < -0.4 is 5.59 Å². The van der Waals surface area contributed by atoms with Crippen molar-refractivity contribution in [2.45, 2.75) is 45.1 Å². The Morgan fingerprint density at radius 3 is 2.41 bits per heavy atom. The molecule has 3 rings (SSSR count). The van der Waals surface area contributed by atoms with E-state index in [2.05, 4.69) is 10.2 Å². The molecule has 3 heterocycles. The zero-order valence-electron chi connectivity index (χ0n) is 10.5. The van der Waals surface area contributed by atoms with Gasteiger partial charge < -0.3 is 14.0 Å². The number of hydrogen-bond donors (Lipinski definition) is 0. The van der Waals surface area contributed by atoms with E-state index in [0.29, 0.717) is 12.2 Å². The summed E-state index contributed by atoms with van der Waals surface area (Å²) in [4.78, 5) is 1.56. The molecule has 1 atom stereocenters. The third kappa shape index (κ3) is 1.78. The van der Waals surface area contributed by atoms with Crippen LogP contribution in [0.1, 0.15) is 33.9 Å². The zero-order valence-corrected chi connectivity index (χ0v) is 10.5. The number of rotatable bonds is 2. The molecule has 7 heteroatoms. The monoisotopic (exact) mass is 237 g/mol. The van der Waals surface area contributed by atoms with E-state index in [1.807, 2.05) is 27.7 Å². The first-order valence-corrected chi connectivity index (χ1v) is 5.78. The Labute approximate surface area is 100 Å². The molecule has 1 aromatic heterocycles. The Bertz CT molecular complexity index is 426. The Balaban J connectivity index is 1.81. The highest BCUT2D eigenvalue weighted by atomic mass is 16.7. The SMILES string of the molecule is CC1(C)OB(c2cnn(C3CO3)n2)OC1(C)C. The third-order valence-electron chi connectivity index (χ3n) is 3.59. The maximum atomic E-state index is 5.88. The van der Waals surface area contributed by atoms with Crippen LogP contribution >= 0.6 is 0 Å². The van der Waals surface area contributed by atoms with Gasteiger partial charge in [-0.25, -0.2) is 0 Å². The van der Waals surface area contributed by atoms with Crippen LogP contribution in [0.25, 0.3) is 0 Å². The van der Waals surface area contributed by atoms with Crippen molar-refractivity contribution in [2.75, 3.05) is 6.61 Å². The van der Waals surface area contributed by atoms with Gasteiger partial charge in [-0.05, 0) is 27.7 Å². The fraction of sp³-hybridized carbons (Fsp3) is 0.800. The van der Waals surface area contributed by atoms with E-state index in [1.54, 1.807) is 11.0 Å². The van der Waals surface area contributed by atoms with E-state index in [1.165, 1.54) is 0 Å². The highest BCUT2D eigenvalue weighted by molar-refractivity contribution is 6.61. The maximum Gasteiger partial charge on any atom is 0.518 e. The molecule has 2 saturated heterocycles. The predicted molar refractivity (Wildman–Crippen MR) is 60.7 cm³/mol. The van der Waals surface area contributed by atoms with Crippen molar-refractivity contribution in [1.29, 1.82) is 0 Å². The fourth-order valence-corrected chi connectivity index (χ4v) is 1.68. The number of aromatic nitrogens is 3. The second-order valence-electron chi connectivity index (χ2n) is 5.47. The number of ether oxygens (including phenoxy) is 1. The van der Waals surface area contributed by atoms with Crippen LogP contribution in [0.3, 0.4) is 0 Å². The van der Waals surface area contributed by atoms with Gasteiger partial charge in [0.05, 0.1) is 24.0 Å². The lowest BCUT2D eigenvalue weighted by atomic mass is 9.86. The molecule has 6 nitrogen and oxygen atoms in total. The number of hydrogen-bond acceptors (Lipinski definition) is 5. The first-order valence-electron chi connectivity index (χ1n) is 5.78. The van der Waals surface area contributed by atoms with Crippen LogP contribution in [-0.4, -0.2) is 39.9 Å². The molecule has 92 valence electrons. The van der Waals surface area contributed by atoms with Crippen LogP contribution in [-0.2, 0) is 14.0 Å². The van der Waals surface area contributed by atoms with Gasteiger partial charge in [0.25, 0.3) is 0 Å². The minimum atomic E-state index is -0.451. The lowest BCUT2D eigenvalue weighted by molar-refractivity contribution is 0.00578. The Morgan fingerprint density at radius 1 is 1.29 bits per heavy atom. The summed E-state index contributed by atoms with van der Waals surface area (Å²) in [7, 11) is -0.451. The average Bonchev–Trinajstić information content (AvgIpc) is 2.89. The topological polar surface area (TPSA) is 61.7 Å². The maximum absolute atomic E-state index is 5.88. The second kappa shape index (κ2) is 3.31. The van der Waals surface area contributed by atoms with E-state index in [0.717, 1.165) is 0 Å². The van der Waals surface area contributed by atoms with E-state index >= 15 is 0 Å². The van der Waals surface area contributed by atoms with Crippen molar-refractivity contribution in [3.8, 4) is 0 Å². The normalized spacial score (nSPS) is 29.6. The van der Waals surface area contributed by atoms with E-state index in [9.17, 15) is 0 Å². The van der Waals surface area contributed by atoms with Gasteiger partial charge in [-0.1, -0.05) is 0 Å². The van der Waals surface area contributed by atoms with Crippen LogP contribution in [0.4, 0.5) is 0 Å². The van der Waals surface area contributed by atoms with Crippen LogP contribution in [0.2, 0.25) is 0 Å². The molecule has 2 fully saturated rings. The Kier molecular flexibility index (Phi) is 2.18. The summed E-state index contributed by atoms with van der Waals surface area (Å²) < 4.78 is 16.9. The quantitative estimate of drug-likeness (QED) is 0.539. The summed E-state index contributed by atoms with van der Waals surface area (Å²) in [6.07, 6.45) is 1.66. The summed E-state index contributed by atoms with van der Waals surface area (Å²) in [6.45, 7) is 8.74. The van der Waals surface area contributed by atoms with E-state index in [4.69, 9.17) is 14.0 Å². The Hall–Kier alpha value is -0.915. The molecule has 2 aliphatic heterocycles. The Morgan fingerprint density at radius 2 is 1.88 bits per heavy atom. The summed E-state index contributed by atoms with van der Waals surface area (Å²) in [5.41, 5.74) is -0.00569. The second-order valence-corrected chi connectivity index (χ2v) is 5.47. The minimum absolute atomic E-state index is 0.00817. The number of epoxide rings is 1. The van der Waals surface area contributed by atoms with Gasteiger partial charge in [-0.15, -0.1) is 0 Å². The van der Waals surface area contributed by atoms with Crippen LogP contribution in [0.5, 0.6) is 0 Å². The van der Waals surface area contributed by atoms with Gasteiger partial charge in [0.2, 0.25) is 0 Å². The molecular weight excluding hydrogens is 221 g/mol. The molecule has 2 aliphatic rings. The summed E-state index contributed by atoms with van der Waals surface area (Å²) in [6, 6.07) is 0. The first-order chi connectivity index (χ1) is 7.89. The molecule has 0 aliphatic carbocycles. The van der Waals surface area contributed by atoms with E-state index < -0.39 is 7.12 Å². The molecule has 0 amide bonds. The molecule has 0 N–H and O–H groups in total. The highest BCUT2D eigenvalue weighted by Crippen LogP contribution is 2.36. The van der Waals surface area contributed by atoms with Crippen molar-refractivity contribution in [1.82, 2.24) is 15.0 Å². The van der Waals surface area contributed by atoms with Gasteiger partial charge in [0.1, 0.15) is 5.59 Å². The molecular formula is C10H16BN3O3. The standard InChI is InChI=1S/C10H16BN3O3/c1-9(2)10(3,4)17-11(16-9)7-5-12-14(13-7)8-6-15-8/h5,8H,6H2,1-4H3. The third-order valence-corrected chi connectivity index (χ3v) is 3.59. The predicted octanol–water partition coefficient (Wildman–Crippen LogP) is 0.106. The summed E-state index contributed by atoms with van der Waals surface area (Å²) in [5, 5.41) is 8.45. The molecule has 1 aromatic rings. The van der Waals surface area contributed by atoms with Crippen molar-refractivity contribution in [3.05, 3.63) is 6.20 Å². The minimum Gasteiger partial charge on any atom is -0.398 e. The first kappa shape index (κ1) is 11.2. The molecule has 0 aromatic carbocycles. The summed E-state index contributed by atoms with van der Waals surface area (Å²) in [5.74, 6) is 0. The molecule has 0 spiro atoms. The van der Waals surface area contributed by atoms with Gasteiger partial charge in [-0.3, -0.25) is 0 Å². The van der Waals surface area contributed by atoms with E-state index in [-0.39, 0.29) is 17.4 Å². The van der Waals surface area contributed by atoms with Gasteiger partial charge in [0, 0.05) is 0 Å². The molecule has 0 bridgehead atoms. The molecule has 0 saturated carbocycles. The largest absolute Gasteiger partial charge is 0.518 e. The van der Waals surface area contributed by atoms with Gasteiger partial charge >= 0.3 is 7.12 Å². The fourth-order valence-electron chi connectivity index (χ4n) is 1.68. The number of nitrogens with zero attached hydrogens (tertiary/aromatic N) is 3. The summed E-state index contributed by atoms with van der Waals surface area (Å²) >= 11 is 0.